The number of carbonyl (C=O) groups is 1. The van der Waals surface area contributed by atoms with Gasteiger partial charge in [0, 0.05) is 18.9 Å². The third kappa shape index (κ3) is 3.74. The first-order valence-corrected chi connectivity index (χ1v) is 5.55. The number of rotatable bonds is 5. The van der Waals surface area contributed by atoms with Crippen LogP contribution in [0.5, 0.6) is 0 Å². The summed E-state index contributed by atoms with van der Waals surface area (Å²) in [7, 11) is 0. The number of nitrogens with two attached hydrogens (primary N) is 1. The van der Waals surface area contributed by atoms with E-state index in [-0.39, 0.29) is 24.1 Å². The summed E-state index contributed by atoms with van der Waals surface area (Å²) in [6.45, 7) is 3.83. The number of halogens is 1. The summed E-state index contributed by atoms with van der Waals surface area (Å²) >= 11 is 0. The maximum atomic E-state index is 13.0. The molecule has 0 fully saturated rings. The minimum Gasteiger partial charge on any atom is -0.327 e. The number of aryl methyl sites for hydroxylation is 1. The molecule has 0 saturated carbocycles. The van der Waals surface area contributed by atoms with E-state index >= 15 is 0 Å². The van der Waals surface area contributed by atoms with Crippen molar-refractivity contribution < 1.29 is 9.18 Å². The van der Waals surface area contributed by atoms with Gasteiger partial charge in [-0.3, -0.25) is 4.79 Å². The van der Waals surface area contributed by atoms with Crippen LogP contribution >= 0.6 is 0 Å². The lowest BCUT2D eigenvalue weighted by Crippen LogP contribution is -2.23. The molecule has 0 aliphatic carbocycles. The Hall–Kier alpha value is -1.22. The summed E-state index contributed by atoms with van der Waals surface area (Å²) in [5.41, 5.74) is 7.40. The number of ketones is 1. The highest BCUT2D eigenvalue weighted by Crippen LogP contribution is 2.12. The summed E-state index contributed by atoms with van der Waals surface area (Å²) in [5, 5.41) is 0. The van der Waals surface area contributed by atoms with Crippen LogP contribution in [-0.4, -0.2) is 11.8 Å². The average molecular weight is 223 g/mol. The molecule has 0 bridgehead atoms. The molecular weight excluding hydrogens is 205 g/mol. The van der Waals surface area contributed by atoms with E-state index < -0.39 is 0 Å². The van der Waals surface area contributed by atoms with Gasteiger partial charge in [-0.1, -0.05) is 13.0 Å². The third-order valence-corrected chi connectivity index (χ3v) is 2.71. The van der Waals surface area contributed by atoms with Gasteiger partial charge in [0.25, 0.3) is 0 Å². The Kier molecular flexibility index (Phi) is 4.62. The van der Waals surface area contributed by atoms with Crippen molar-refractivity contribution in [2.24, 2.45) is 5.73 Å². The summed E-state index contributed by atoms with van der Waals surface area (Å²) < 4.78 is 13.0. The van der Waals surface area contributed by atoms with Crippen LogP contribution in [0.4, 0.5) is 4.39 Å². The molecule has 1 unspecified atom stereocenters. The second kappa shape index (κ2) is 5.75. The molecule has 0 aliphatic rings. The monoisotopic (exact) mass is 223 g/mol. The lowest BCUT2D eigenvalue weighted by molar-refractivity contribution is -0.118. The van der Waals surface area contributed by atoms with Gasteiger partial charge in [-0.2, -0.15) is 0 Å². The van der Waals surface area contributed by atoms with Gasteiger partial charge >= 0.3 is 0 Å². The first-order valence-electron chi connectivity index (χ1n) is 5.55. The standard InChI is InChI=1S/C13H18FNO/c1-3-12(15)8-13(16)7-10-6-11(14)5-4-9(10)2/h4-6,12H,3,7-8,15H2,1-2H3. The summed E-state index contributed by atoms with van der Waals surface area (Å²) in [6.07, 6.45) is 1.43. The lowest BCUT2D eigenvalue weighted by atomic mass is 9.99. The fourth-order valence-electron chi connectivity index (χ4n) is 1.55. The van der Waals surface area contributed by atoms with Gasteiger partial charge in [-0.25, -0.2) is 4.39 Å². The Morgan fingerprint density at radius 1 is 1.50 bits per heavy atom. The zero-order chi connectivity index (χ0) is 12.1. The molecule has 16 heavy (non-hydrogen) atoms. The molecule has 0 spiro atoms. The van der Waals surface area contributed by atoms with Gasteiger partial charge in [0.05, 0.1) is 0 Å². The summed E-state index contributed by atoms with van der Waals surface area (Å²) in [5.74, 6) is -0.226. The van der Waals surface area contributed by atoms with Crippen LogP contribution in [0.1, 0.15) is 30.9 Å². The Labute approximate surface area is 95.7 Å². The normalized spacial score (nSPS) is 12.5. The molecule has 0 saturated heterocycles. The summed E-state index contributed by atoms with van der Waals surface area (Å²) in [6, 6.07) is 4.44. The second-order valence-corrected chi connectivity index (χ2v) is 4.16. The van der Waals surface area contributed by atoms with Crippen LogP contribution in [-0.2, 0) is 11.2 Å². The van der Waals surface area contributed by atoms with Crippen molar-refractivity contribution in [3.63, 3.8) is 0 Å². The maximum Gasteiger partial charge on any atom is 0.138 e. The molecule has 0 radical (unpaired) electrons. The number of benzene rings is 1. The van der Waals surface area contributed by atoms with Crippen LogP contribution in [0.3, 0.4) is 0 Å². The van der Waals surface area contributed by atoms with Crippen LogP contribution in [0.2, 0.25) is 0 Å². The van der Waals surface area contributed by atoms with E-state index in [0.29, 0.717) is 6.42 Å². The van der Waals surface area contributed by atoms with Gasteiger partial charge in [-0.15, -0.1) is 0 Å². The predicted octanol–water partition coefficient (Wildman–Crippen LogP) is 2.37. The lowest BCUT2D eigenvalue weighted by Gasteiger charge is -2.09. The molecule has 0 heterocycles. The molecule has 1 aromatic carbocycles. The number of hydrogen-bond donors (Lipinski definition) is 1. The van der Waals surface area contributed by atoms with E-state index in [4.69, 9.17) is 5.73 Å². The molecule has 1 aromatic rings. The van der Waals surface area contributed by atoms with Crippen molar-refractivity contribution in [1.29, 1.82) is 0 Å². The fourth-order valence-corrected chi connectivity index (χ4v) is 1.55. The fraction of sp³-hybridized carbons (Fsp3) is 0.462. The molecule has 2 N–H and O–H groups in total. The van der Waals surface area contributed by atoms with Crippen molar-refractivity contribution >= 4 is 5.78 Å². The number of carbonyl (C=O) groups excluding carboxylic acids is 1. The average Bonchev–Trinajstić information content (AvgIpc) is 2.23. The Morgan fingerprint density at radius 2 is 2.19 bits per heavy atom. The Morgan fingerprint density at radius 3 is 2.81 bits per heavy atom. The molecule has 0 amide bonds. The molecule has 2 nitrogen and oxygen atoms in total. The van der Waals surface area contributed by atoms with Crippen molar-refractivity contribution in [2.75, 3.05) is 0 Å². The van der Waals surface area contributed by atoms with Crippen LogP contribution in [0.15, 0.2) is 18.2 Å². The van der Waals surface area contributed by atoms with E-state index in [1.165, 1.54) is 12.1 Å². The van der Waals surface area contributed by atoms with E-state index in [9.17, 15) is 9.18 Å². The van der Waals surface area contributed by atoms with Gasteiger partial charge in [0.2, 0.25) is 0 Å². The Bertz CT molecular complexity index is 376. The third-order valence-electron chi connectivity index (χ3n) is 2.71. The highest BCUT2D eigenvalue weighted by Gasteiger charge is 2.10. The smallest absolute Gasteiger partial charge is 0.138 e. The van der Waals surface area contributed by atoms with Crippen LogP contribution in [0, 0.1) is 12.7 Å². The van der Waals surface area contributed by atoms with E-state index in [0.717, 1.165) is 17.5 Å². The quantitative estimate of drug-likeness (QED) is 0.832. The van der Waals surface area contributed by atoms with Gasteiger partial charge in [0.1, 0.15) is 11.6 Å². The predicted molar refractivity (Wildman–Crippen MR) is 62.7 cm³/mol. The highest BCUT2D eigenvalue weighted by atomic mass is 19.1. The second-order valence-electron chi connectivity index (χ2n) is 4.16. The van der Waals surface area contributed by atoms with Crippen molar-refractivity contribution in [3.05, 3.63) is 35.1 Å². The zero-order valence-corrected chi connectivity index (χ0v) is 9.79. The molecule has 3 heteroatoms. The zero-order valence-electron chi connectivity index (χ0n) is 9.79. The van der Waals surface area contributed by atoms with Crippen LogP contribution < -0.4 is 5.73 Å². The van der Waals surface area contributed by atoms with Gasteiger partial charge in [-0.05, 0) is 36.6 Å². The highest BCUT2D eigenvalue weighted by molar-refractivity contribution is 5.81. The first-order chi connectivity index (χ1) is 7.52. The van der Waals surface area contributed by atoms with Crippen molar-refractivity contribution in [1.82, 2.24) is 0 Å². The van der Waals surface area contributed by atoms with E-state index in [2.05, 4.69) is 0 Å². The van der Waals surface area contributed by atoms with E-state index in [1.54, 1.807) is 6.07 Å². The number of hydrogen-bond acceptors (Lipinski definition) is 2. The maximum absolute atomic E-state index is 13.0. The minimum atomic E-state index is -0.298. The Balaban J connectivity index is 2.65. The van der Waals surface area contributed by atoms with Gasteiger partial charge < -0.3 is 5.73 Å². The van der Waals surface area contributed by atoms with Gasteiger partial charge in [0.15, 0.2) is 0 Å². The molecule has 1 atom stereocenters. The molecule has 0 aliphatic heterocycles. The van der Waals surface area contributed by atoms with Crippen molar-refractivity contribution in [3.8, 4) is 0 Å². The molecule has 1 rings (SSSR count). The molecule has 0 aromatic heterocycles. The SMILES string of the molecule is CCC(N)CC(=O)Cc1cc(F)ccc1C. The largest absolute Gasteiger partial charge is 0.327 e. The van der Waals surface area contributed by atoms with Crippen molar-refractivity contribution in [2.45, 2.75) is 39.2 Å². The van der Waals surface area contributed by atoms with E-state index in [1.807, 2.05) is 13.8 Å². The molecule has 88 valence electrons. The topological polar surface area (TPSA) is 43.1 Å². The summed E-state index contributed by atoms with van der Waals surface area (Å²) in [4.78, 5) is 11.6. The number of Topliss-reactive ketones (excluding diaryl/α,β-unsaturated/α-hetero) is 1. The first kappa shape index (κ1) is 12.8. The minimum absolute atomic E-state index is 0.0723. The molecular formula is C13H18FNO. The van der Waals surface area contributed by atoms with Crippen LogP contribution in [0.25, 0.3) is 0 Å².